The van der Waals surface area contributed by atoms with E-state index < -0.39 is 0 Å². The normalized spacial score (nSPS) is 9.30. The van der Waals surface area contributed by atoms with Gasteiger partial charge >= 0.3 is 0 Å². The minimum Gasteiger partial charge on any atom is -0.291 e. The Morgan fingerprint density at radius 2 is 1.90 bits per heavy atom. The molecule has 0 amide bonds. The molecule has 0 aliphatic heterocycles. The molecule has 0 aliphatic carbocycles. The Hall–Kier alpha value is -0.820. The molecule has 0 aliphatic rings. The Morgan fingerprint density at radius 3 is 2.40 bits per heavy atom. The molecule has 0 heterocycles. The first-order valence-corrected chi connectivity index (χ1v) is 3.30. The summed E-state index contributed by atoms with van der Waals surface area (Å²) in [5.74, 6) is 0. The second-order valence-electron chi connectivity index (χ2n) is 1.95. The largest absolute Gasteiger partial charge is 0.291 e. The van der Waals surface area contributed by atoms with Crippen LogP contribution in [0.15, 0.2) is 24.3 Å². The fourth-order valence-electron chi connectivity index (χ4n) is 0.686. The lowest BCUT2D eigenvalue weighted by molar-refractivity contribution is 0.555. The molecule has 1 radical (unpaired) electrons. The maximum Gasteiger partial charge on any atom is 0.203 e. The van der Waals surface area contributed by atoms with Gasteiger partial charge in [-0.15, -0.1) is 0 Å². The molecule has 0 N–H and O–H groups in total. The molecule has 0 fully saturated rings. The number of benzene rings is 1. The SMILES string of the molecule is O=[C]Cc1ccc(Cl)cc1. The van der Waals surface area contributed by atoms with Gasteiger partial charge in [-0.25, -0.2) is 0 Å². The summed E-state index contributed by atoms with van der Waals surface area (Å²) in [5.41, 5.74) is 0.944. The van der Waals surface area contributed by atoms with Gasteiger partial charge in [-0.3, -0.25) is 4.79 Å². The molecule has 2 heteroatoms. The lowest BCUT2D eigenvalue weighted by atomic mass is 10.2. The van der Waals surface area contributed by atoms with Crippen molar-refractivity contribution in [2.24, 2.45) is 0 Å². The van der Waals surface area contributed by atoms with Crippen LogP contribution in [0.3, 0.4) is 0 Å². The molecule has 0 unspecified atom stereocenters. The van der Waals surface area contributed by atoms with Gasteiger partial charge in [0.05, 0.1) is 0 Å². The average molecular weight is 154 g/mol. The average Bonchev–Trinajstić information content (AvgIpc) is 1.95. The molecular weight excluding hydrogens is 148 g/mol. The van der Waals surface area contributed by atoms with E-state index in [1.165, 1.54) is 0 Å². The fourth-order valence-corrected chi connectivity index (χ4v) is 0.812. The highest BCUT2D eigenvalue weighted by Gasteiger charge is 1.90. The third-order valence-electron chi connectivity index (χ3n) is 1.19. The summed E-state index contributed by atoms with van der Waals surface area (Å²) >= 11 is 5.61. The predicted molar refractivity (Wildman–Crippen MR) is 40.8 cm³/mol. The molecule has 0 atom stereocenters. The molecule has 0 spiro atoms. The number of hydrogen-bond donors (Lipinski definition) is 0. The lowest BCUT2D eigenvalue weighted by Gasteiger charge is -1.92. The molecule has 1 aromatic carbocycles. The van der Waals surface area contributed by atoms with E-state index in [0.717, 1.165) is 5.56 Å². The Labute approximate surface area is 64.6 Å². The van der Waals surface area contributed by atoms with Crippen LogP contribution in [0.25, 0.3) is 0 Å². The van der Waals surface area contributed by atoms with E-state index in [4.69, 9.17) is 11.6 Å². The van der Waals surface area contributed by atoms with Gasteiger partial charge in [-0.2, -0.15) is 0 Å². The summed E-state index contributed by atoms with van der Waals surface area (Å²) in [4.78, 5) is 9.90. The first-order valence-electron chi connectivity index (χ1n) is 2.92. The second kappa shape index (κ2) is 3.37. The Morgan fingerprint density at radius 1 is 1.30 bits per heavy atom. The highest BCUT2D eigenvalue weighted by Crippen LogP contribution is 2.08. The topological polar surface area (TPSA) is 17.1 Å². The summed E-state index contributed by atoms with van der Waals surface area (Å²) in [6, 6.07) is 7.14. The molecule has 0 saturated heterocycles. The molecule has 1 nitrogen and oxygen atoms in total. The van der Waals surface area contributed by atoms with Gasteiger partial charge in [0, 0.05) is 11.4 Å². The number of rotatable bonds is 2. The van der Waals surface area contributed by atoms with Gasteiger partial charge in [0.15, 0.2) is 0 Å². The molecule has 10 heavy (non-hydrogen) atoms. The summed E-state index contributed by atoms with van der Waals surface area (Å²) < 4.78 is 0. The van der Waals surface area contributed by atoms with Crippen LogP contribution in [0.2, 0.25) is 5.02 Å². The van der Waals surface area contributed by atoms with Crippen LogP contribution in [0.1, 0.15) is 5.56 Å². The van der Waals surface area contributed by atoms with Crippen LogP contribution >= 0.6 is 11.6 Å². The first-order chi connectivity index (χ1) is 4.83. The summed E-state index contributed by atoms with van der Waals surface area (Å²) in [5, 5.41) is 0.689. The van der Waals surface area contributed by atoms with Crippen molar-refractivity contribution in [2.75, 3.05) is 0 Å². The van der Waals surface area contributed by atoms with Crippen molar-refractivity contribution in [3.63, 3.8) is 0 Å². The van der Waals surface area contributed by atoms with Gasteiger partial charge in [0.1, 0.15) is 0 Å². The van der Waals surface area contributed by atoms with Gasteiger partial charge in [-0.1, -0.05) is 23.7 Å². The van der Waals surface area contributed by atoms with Crippen LogP contribution in [-0.4, -0.2) is 6.29 Å². The molecule has 51 valence electrons. The van der Waals surface area contributed by atoms with Crippen LogP contribution in [0.5, 0.6) is 0 Å². The Bertz CT molecular complexity index is 215. The minimum atomic E-state index is 0.344. The number of halogens is 1. The third kappa shape index (κ3) is 1.85. The predicted octanol–water partition coefficient (Wildman–Crippen LogP) is 1.99. The standard InChI is InChI=1S/C8H6ClO/c9-8-3-1-7(2-4-8)5-6-10/h1-4H,5H2. The van der Waals surface area contributed by atoms with E-state index in [2.05, 4.69) is 0 Å². The maximum absolute atomic E-state index is 9.90. The van der Waals surface area contributed by atoms with Gasteiger partial charge in [0.2, 0.25) is 6.29 Å². The smallest absolute Gasteiger partial charge is 0.203 e. The molecule has 0 aromatic heterocycles. The van der Waals surface area contributed by atoms with Crippen LogP contribution in [0.4, 0.5) is 0 Å². The van der Waals surface area contributed by atoms with Crippen LogP contribution in [-0.2, 0) is 11.2 Å². The Kier molecular flexibility index (Phi) is 2.46. The van der Waals surface area contributed by atoms with E-state index in [1.54, 1.807) is 12.1 Å². The fraction of sp³-hybridized carbons (Fsp3) is 0.125. The summed E-state index contributed by atoms with van der Waals surface area (Å²) in [6.07, 6.45) is 2.15. The minimum absolute atomic E-state index is 0.344. The zero-order valence-corrected chi connectivity index (χ0v) is 6.06. The molecule has 0 saturated carbocycles. The number of hydrogen-bond acceptors (Lipinski definition) is 1. The zero-order chi connectivity index (χ0) is 7.40. The lowest BCUT2D eigenvalue weighted by Crippen LogP contribution is -1.82. The molecule has 0 bridgehead atoms. The zero-order valence-electron chi connectivity index (χ0n) is 5.30. The highest BCUT2D eigenvalue weighted by molar-refractivity contribution is 6.30. The van der Waals surface area contributed by atoms with E-state index in [9.17, 15) is 4.79 Å². The molecule has 1 rings (SSSR count). The van der Waals surface area contributed by atoms with Crippen LogP contribution < -0.4 is 0 Å². The van der Waals surface area contributed by atoms with E-state index >= 15 is 0 Å². The van der Waals surface area contributed by atoms with Crippen molar-refractivity contribution >= 4 is 17.9 Å². The van der Waals surface area contributed by atoms with Crippen LogP contribution in [0, 0.1) is 0 Å². The first kappa shape index (κ1) is 7.29. The van der Waals surface area contributed by atoms with Gasteiger partial charge < -0.3 is 0 Å². The van der Waals surface area contributed by atoms with Crippen molar-refractivity contribution in [3.05, 3.63) is 34.9 Å². The van der Waals surface area contributed by atoms with Crippen molar-refractivity contribution in [1.82, 2.24) is 0 Å². The Balaban J connectivity index is 2.78. The second-order valence-corrected chi connectivity index (χ2v) is 2.38. The molecular formula is C8H6ClO. The summed E-state index contributed by atoms with van der Waals surface area (Å²) in [6.45, 7) is 0. The quantitative estimate of drug-likeness (QED) is 0.635. The van der Waals surface area contributed by atoms with Crippen molar-refractivity contribution in [1.29, 1.82) is 0 Å². The van der Waals surface area contributed by atoms with E-state index in [-0.39, 0.29) is 0 Å². The van der Waals surface area contributed by atoms with E-state index in [1.807, 2.05) is 18.4 Å². The monoisotopic (exact) mass is 153 g/mol. The number of carbonyl (C=O) groups excluding carboxylic acids is 1. The highest BCUT2D eigenvalue weighted by atomic mass is 35.5. The van der Waals surface area contributed by atoms with Crippen molar-refractivity contribution in [2.45, 2.75) is 6.42 Å². The van der Waals surface area contributed by atoms with Gasteiger partial charge in [0.25, 0.3) is 0 Å². The maximum atomic E-state index is 9.90. The summed E-state index contributed by atoms with van der Waals surface area (Å²) in [7, 11) is 0. The van der Waals surface area contributed by atoms with Crippen molar-refractivity contribution in [3.8, 4) is 0 Å². The van der Waals surface area contributed by atoms with E-state index in [0.29, 0.717) is 11.4 Å². The molecule has 1 aromatic rings. The van der Waals surface area contributed by atoms with Gasteiger partial charge in [-0.05, 0) is 17.7 Å². The van der Waals surface area contributed by atoms with Crippen molar-refractivity contribution < 1.29 is 4.79 Å². The third-order valence-corrected chi connectivity index (χ3v) is 1.44.